The monoisotopic (exact) mass is 424 g/mol. The highest BCUT2D eigenvalue weighted by atomic mass is 16.6. The van der Waals surface area contributed by atoms with Crippen LogP contribution in [0.2, 0.25) is 0 Å². The van der Waals surface area contributed by atoms with Crippen molar-refractivity contribution in [3.05, 3.63) is 101 Å². The predicted molar refractivity (Wildman–Crippen MR) is 119 cm³/mol. The molecule has 2 amide bonds. The Labute approximate surface area is 185 Å². The smallest absolute Gasteiger partial charge is 0.418 e. The summed E-state index contributed by atoms with van der Waals surface area (Å²) in [5.74, 6) is -0.473. The Bertz CT molecular complexity index is 1200. The molecule has 1 aliphatic carbocycles. The normalized spacial score (nSPS) is 19.1. The number of benzene rings is 3. The van der Waals surface area contributed by atoms with Crippen molar-refractivity contribution in [2.75, 3.05) is 6.54 Å². The standard InChI is InChI=1S/C26H20N2O4/c29-16-15-28-24(30)26(32-25(28)31)14-13-20-17-21(11-12-22(20)26)27-23(18-7-3-1-4-8-18)19-9-5-2-6-10-19/h1-12,16-17H,13-15H2/t26-/m1/s1. The maximum Gasteiger partial charge on any atom is 0.418 e. The molecule has 0 aromatic heterocycles. The zero-order chi connectivity index (χ0) is 22.1. The quantitative estimate of drug-likeness (QED) is 0.455. The van der Waals surface area contributed by atoms with Crippen LogP contribution < -0.4 is 0 Å². The van der Waals surface area contributed by atoms with Gasteiger partial charge in [0.15, 0.2) is 0 Å². The second kappa shape index (κ2) is 7.89. The Morgan fingerprint density at radius 2 is 1.62 bits per heavy atom. The molecule has 3 aromatic carbocycles. The second-order valence-corrected chi connectivity index (χ2v) is 7.81. The predicted octanol–water partition coefficient (Wildman–Crippen LogP) is 4.17. The third kappa shape index (κ3) is 3.21. The van der Waals surface area contributed by atoms with Gasteiger partial charge in [-0.3, -0.25) is 4.79 Å². The van der Waals surface area contributed by atoms with Crippen LogP contribution in [0.15, 0.2) is 83.9 Å². The van der Waals surface area contributed by atoms with E-state index in [2.05, 4.69) is 0 Å². The van der Waals surface area contributed by atoms with Gasteiger partial charge < -0.3 is 9.53 Å². The van der Waals surface area contributed by atoms with E-state index < -0.39 is 17.6 Å². The summed E-state index contributed by atoms with van der Waals surface area (Å²) in [6.07, 6.45) is 0.700. The van der Waals surface area contributed by atoms with Crippen LogP contribution in [0.4, 0.5) is 10.5 Å². The number of carbonyl (C=O) groups is 3. The number of hydrogen-bond donors (Lipinski definition) is 0. The number of hydrogen-bond acceptors (Lipinski definition) is 5. The Morgan fingerprint density at radius 3 is 2.25 bits per heavy atom. The molecule has 3 aromatic rings. The number of aldehydes is 1. The topological polar surface area (TPSA) is 76.0 Å². The molecule has 6 nitrogen and oxygen atoms in total. The number of imide groups is 1. The minimum Gasteiger partial charge on any atom is -0.427 e. The molecule has 1 atom stereocenters. The molecule has 0 bridgehead atoms. The van der Waals surface area contributed by atoms with Crippen LogP contribution in [0.25, 0.3) is 0 Å². The van der Waals surface area contributed by atoms with Crippen LogP contribution in [0.3, 0.4) is 0 Å². The number of ether oxygens (including phenoxy) is 1. The summed E-state index contributed by atoms with van der Waals surface area (Å²) in [4.78, 5) is 41.8. The van der Waals surface area contributed by atoms with Gasteiger partial charge in [0.25, 0.3) is 5.91 Å². The van der Waals surface area contributed by atoms with Crippen molar-refractivity contribution < 1.29 is 19.1 Å². The summed E-state index contributed by atoms with van der Waals surface area (Å²) < 4.78 is 5.52. The average Bonchev–Trinajstić information content (AvgIpc) is 3.31. The van der Waals surface area contributed by atoms with E-state index in [1.54, 1.807) is 0 Å². The van der Waals surface area contributed by atoms with E-state index in [0.717, 1.165) is 33.0 Å². The highest BCUT2D eigenvalue weighted by Gasteiger charge is 2.57. The van der Waals surface area contributed by atoms with Crippen molar-refractivity contribution in [1.82, 2.24) is 4.90 Å². The molecule has 1 aliphatic heterocycles. The van der Waals surface area contributed by atoms with Crippen LogP contribution in [-0.4, -0.2) is 35.4 Å². The fraction of sp³-hybridized carbons (Fsp3) is 0.154. The Morgan fingerprint density at radius 1 is 0.969 bits per heavy atom. The highest BCUT2D eigenvalue weighted by Crippen LogP contribution is 2.46. The lowest BCUT2D eigenvalue weighted by molar-refractivity contribution is -0.138. The van der Waals surface area contributed by atoms with Crippen molar-refractivity contribution in [3.8, 4) is 0 Å². The van der Waals surface area contributed by atoms with Gasteiger partial charge in [-0.05, 0) is 24.1 Å². The fourth-order valence-corrected chi connectivity index (χ4v) is 4.42. The minimum atomic E-state index is -1.33. The first-order valence-electron chi connectivity index (χ1n) is 10.4. The first-order chi connectivity index (χ1) is 15.6. The van der Waals surface area contributed by atoms with Crippen LogP contribution >= 0.6 is 0 Å². The van der Waals surface area contributed by atoms with Crippen LogP contribution in [0.1, 0.15) is 28.7 Å². The number of carbonyl (C=O) groups excluding carboxylic acids is 3. The zero-order valence-corrected chi connectivity index (χ0v) is 17.2. The molecule has 2 aliphatic rings. The number of rotatable bonds is 5. The first-order valence-corrected chi connectivity index (χ1v) is 10.4. The van der Waals surface area contributed by atoms with E-state index in [1.165, 1.54) is 0 Å². The SMILES string of the molecule is O=CCN1C(=O)O[C@@]2(CCc3cc(N=C(c4ccccc4)c4ccccc4)ccc32)C1=O. The van der Waals surface area contributed by atoms with Gasteiger partial charge >= 0.3 is 6.09 Å². The van der Waals surface area contributed by atoms with E-state index in [4.69, 9.17) is 9.73 Å². The molecular weight excluding hydrogens is 404 g/mol. The van der Waals surface area contributed by atoms with E-state index in [9.17, 15) is 14.4 Å². The third-order valence-corrected chi connectivity index (χ3v) is 5.94. The Kier molecular flexibility index (Phi) is 4.90. The Balaban J connectivity index is 1.55. The first kappa shape index (κ1) is 19.9. The van der Waals surface area contributed by atoms with Gasteiger partial charge in [-0.15, -0.1) is 0 Å². The van der Waals surface area contributed by atoms with Crippen molar-refractivity contribution in [2.45, 2.75) is 18.4 Å². The summed E-state index contributed by atoms with van der Waals surface area (Å²) in [6, 6.07) is 25.5. The molecule has 1 spiro atoms. The molecule has 6 heteroatoms. The lowest BCUT2D eigenvalue weighted by Crippen LogP contribution is -2.38. The Hall–Kier alpha value is -4.06. The zero-order valence-electron chi connectivity index (χ0n) is 17.2. The van der Waals surface area contributed by atoms with Crippen molar-refractivity contribution in [1.29, 1.82) is 0 Å². The highest BCUT2D eigenvalue weighted by molar-refractivity contribution is 6.14. The molecule has 5 rings (SSSR count). The molecule has 1 saturated heterocycles. The van der Waals surface area contributed by atoms with Gasteiger partial charge in [0.2, 0.25) is 5.60 Å². The third-order valence-electron chi connectivity index (χ3n) is 5.94. The maximum atomic E-state index is 12.9. The van der Waals surface area contributed by atoms with Gasteiger partial charge in [-0.2, -0.15) is 0 Å². The largest absolute Gasteiger partial charge is 0.427 e. The lowest BCUT2D eigenvalue weighted by atomic mass is 9.94. The summed E-state index contributed by atoms with van der Waals surface area (Å²) in [5.41, 5.74) is 3.86. The molecule has 32 heavy (non-hydrogen) atoms. The van der Waals surface area contributed by atoms with E-state index in [-0.39, 0.29) is 6.54 Å². The molecule has 0 saturated carbocycles. The maximum absolute atomic E-state index is 12.9. The van der Waals surface area contributed by atoms with Gasteiger partial charge in [0.05, 0.1) is 17.9 Å². The molecule has 1 heterocycles. The lowest BCUT2D eigenvalue weighted by Gasteiger charge is -2.20. The van der Waals surface area contributed by atoms with Crippen LogP contribution in [0, 0.1) is 0 Å². The minimum absolute atomic E-state index is 0.297. The molecule has 0 radical (unpaired) electrons. The number of amides is 2. The fourth-order valence-electron chi connectivity index (χ4n) is 4.42. The summed E-state index contributed by atoms with van der Waals surface area (Å²) in [6.45, 7) is -0.297. The average molecular weight is 424 g/mol. The molecular formula is C26H20N2O4. The van der Waals surface area contributed by atoms with E-state index >= 15 is 0 Å². The van der Waals surface area contributed by atoms with Gasteiger partial charge in [-0.25, -0.2) is 14.7 Å². The number of aliphatic imine (C=N–C) groups is 1. The van der Waals surface area contributed by atoms with Crippen molar-refractivity contribution in [3.63, 3.8) is 0 Å². The van der Waals surface area contributed by atoms with Gasteiger partial charge in [0.1, 0.15) is 6.29 Å². The van der Waals surface area contributed by atoms with Crippen LogP contribution in [0.5, 0.6) is 0 Å². The van der Waals surface area contributed by atoms with Crippen molar-refractivity contribution in [2.24, 2.45) is 4.99 Å². The number of aryl methyl sites for hydroxylation is 1. The summed E-state index contributed by atoms with van der Waals surface area (Å²) in [7, 11) is 0. The van der Waals surface area contributed by atoms with Gasteiger partial charge in [-0.1, -0.05) is 66.7 Å². The molecule has 1 fully saturated rings. The van der Waals surface area contributed by atoms with Crippen molar-refractivity contribution >= 4 is 29.7 Å². The summed E-state index contributed by atoms with van der Waals surface area (Å²) in [5, 5.41) is 0. The molecule has 0 N–H and O–H groups in total. The number of nitrogens with zero attached hydrogens (tertiary/aromatic N) is 2. The van der Waals surface area contributed by atoms with E-state index in [1.807, 2.05) is 78.9 Å². The molecule has 0 unspecified atom stereocenters. The number of fused-ring (bicyclic) bond motifs is 2. The summed E-state index contributed by atoms with van der Waals surface area (Å²) >= 11 is 0. The second-order valence-electron chi connectivity index (χ2n) is 7.81. The van der Waals surface area contributed by atoms with E-state index in [0.29, 0.717) is 24.7 Å². The van der Waals surface area contributed by atoms with Crippen LogP contribution in [-0.2, 0) is 26.3 Å². The molecule has 158 valence electrons. The van der Waals surface area contributed by atoms with Gasteiger partial charge in [0, 0.05) is 23.1 Å².